The predicted molar refractivity (Wildman–Crippen MR) is 76.7 cm³/mol. The molecule has 19 heavy (non-hydrogen) atoms. The van der Waals surface area contributed by atoms with Crippen molar-refractivity contribution in [2.75, 3.05) is 13.7 Å². The molecule has 1 aromatic rings. The first-order valence-electron chi connectivity index (χ1n) is 5.92. The van der Waals surface area contributed by atoms with Crippen molar-refractivity contribution < 1.29 is 13.2 Å². The molecule has 1 heterocycles. The summed E-state index contributed by atoms with van der Waals surface area (Å²) in [6.07, 6.45) is 1.46. The third-order valence-corrected chi connectivity index (χ3v) is 5.39. The Morgan fingerprint density at radius 1 is 1.42 bits per heavy atom. The summed E-state index contributed by atoms with van der Waals surface area (Å²) in [5.74, 6) is 0.617. The standard InChI is InChI=1S/C12H16N2O3S2/c1-17-9-4-6-10(7-5-9)19(15,16)14-8-2-3-11(14)12(13)18/h4-7,11H,2-3,8H2,1H3,(H2,13,18). The van der Waals surface area contributed by atoms with Gasteiger partial charge in [0.05, 0.1) is 23.0 Å². The van der Waals surface area contributed by atoms with Gasteiger partial charge in [0.2, 0.25) is 10.0 Å². The number of nitrogens with two attached hydrogens (primary N) is 1. The number of ether oxygens (including phenoxy) is 1. The highest BCUT2D eigenvalue weighted by molar-refractivity contribution is 7.89. The summed E-state index contributed by atoms with van der Waals surface area (Å²) in [5, 5.41) is 0. The molecule has 5 nitrogen and oxygen atoms in total. The summed E-state index contributed by atoms with van der Waals surface area (Å²) in [5.41, 5.74) is 5.61. The van der Waals surface area contributed by atoms with Crippen LogP contribution in [0.2, 0.25) is 0 Å². The highest BCUT2D eigenvalue weighted by Crippen LogP contribution is 2.27. The molecule has 2 N–H and O–H groups in total. The van der Waals surface area contributed by atoms with Crippen LogP contribution >= 0.6 is 12.2 Å². The summed E-state index contributed by atoms with van der Waals surface area (Å²) >= 11 is 4.94. The molecular formula is C12H16N2O3S2. The second-order valence-electron chi connectivity index (χ2n) is 4.35. The topological polar surface area (TPSA) is 72.6 Å². The molecule has 0 radical (unpaired) electrons. The van der Waals surface area contributed by atoms with Gasteiger partial charge in [-0.1, -0.05) is 12.2 Å². The van der Waals surface area contributed by atoms with Gasteiger partial charge in [-0.25, -0.2) is 8.42 Å². The van der Waals surface area contributed by atoms with E-state index in [0.29, 0.717) is 18.7 Å². The second kappa shape index (κ2) is 5.44. The Morgan fingerprint density at radius 2 is 2.05 bits per heavy atom. The lowest BCUT2D eigenvalue weighted by molar-refractivity contribution is 0.414. The van der Waals surface area contributed by atoms with Crippen molar-refractivity contribution in [1.29, 1.82) is 0 Å². The van der Waals surface area contributed by atoms with E-state index < -0.39 is 10.0 Å². The van der Waals surface area contributed by atoms with Gasteiger partial charge in [0.25, 0.3) is 0 Å². The smallest absolute Gasteiger partial charge is 0.243 e. The van der Waals surface area contributed by atoms with Gasteiger partial charge < -0.3 is 10.5 Å². The van der Waals surface area contributed by atoms with Gasteiger partial charge in [0, 0.05) is 6.54 Å². The van der Waals surface area contributed by atoms with Crippen LogP contribution in [0.15, 0.2) is 29.2 Å². The molecule has 104 valence electrons. The number of sulfonamides is 1. The Morgan fingerprint density at radius 3 is 2.58 bits per heavy atom. The van der Waals surface area contributed by atoms with Crippen LogP contribution in [0.4, 0.5) is 0 Å². The van der Waals surface area contributed by atoms with E-state index in [1.54, 1.807) is 12.1 Å². The van der Waals surface area contributed by atoms with Gasteiger partial charge in [-0.2, -0.15) is 4.31 Å². The largest absolute Gasteiger partial charge is 0.497 e. The zero-order valence-corrected chi connectivity index (χ0v) is 12.2. The summed E-state index contributed by atoms with van der Waals surface area (Å²) in [6, 6.07) is 5.94. The average molecular weight is 300 g/mol. The highest BCUT2D eigenvalue weighted by Gasteiger charge is 2.36. The zero-order chi connectivity index (χ0) is 14.0. The molecule has 1 atom stereocenters. The third kappa shape index (κ3) is 2.72. The maximum atomic E-state index is 12.5. The van der Waals surface area contributed by atoms with Crippen molar-refractivity contribution in [3.63, 3.8) is 0 Å². The van der Waals surface area contributed by atoms with E-state index in [1.807, 2.05) is 0 Å². The maximum absolute atomic E-state index is 12.5. The number of hydrogen-bond donors (Lipinski definition) is 1. The maximum Gasteiger partial charge on any atom is 0.243 e. The molecule has 1 aromatic carbocycles. The highest BCUT2D eigenvalue weighted by atomic mass is 32.2. The first-order chi connectivity index (χ1) is 8.96. The van der Waals surface area contributed by atoms with Crippen molar-refractivity contribution in [3.8, 4) is 5.75 Å². The molecule has 0 aromatic heterocycles. The van der Waals surface area contributed by atoms with Crippen molar-refractivity contribution in [1.82, 2.24) is 4.31 Å². The van der Waals surface area contributed by atoms with Crippen molar-refractivity contribution >= 4 is 27.2 Å². The SMILES string of the molecule is COc1ccc(S(=O)(=O)N2CCCC2C(N)=S)cc1. The Kier molecular flexibility index (Phi) is 4.07. The van der Waals surface area contributed by atoms with Crippen molar-refractivity contribution in [3.05, 3.63) is 24.3 Å². The number of methoxy groups -OCH3 is 1. The molecule has 0 aliphatic carbocycles. The van der Waals surface area contributed by atoms with E-state index in [0.717, 1.165) is 6.42 Å². The van der Waals surface area contributed by atoms with Crippen LogP contribution in [-0.4, -0.2) is 37.4 Å². The molecule has 1 aliphatic heterocycles. The lowest BCUT2D eigenvalue weighted by atomic mass is 10.2. The van der Waals surface area contributed by atoms with E-state index in [9.17, 15) is 8.42 Å². The number of thiocarbonyl (C=S) groups is 1. The Hall–Kier alpha value is -1.18. The molecule has 7 heteroatoms. The molecule has 0 spiro atoms. The average Bonchev–Trinajstić information content (AvgIpc) is 2.89. The minimum absolute atomic E-state index is 0.231. The van der Waals surface area contributed by atoms with Gasteiger partial charge >= 0.3 is 0 Å². The van der Waals surface area contributed by atoms with Crippen LogP contribution in [0.1, 0.15) is 12.8 Å². The van der Waals surface area contributed by atoms with Gasteiger partial charge in [0.1, 0.15) is 5.75 Å². The van der Waals surface area contributed by atoms with Crippen molar-refractivity contribution in [2.24, 2.45) is 5.73 Å². The van der Waals surface area contributed by atoms with Crippen LogP contribution in [0.25, 0.3) is 0 Å². The second-order valence-corrected chi connectivity index (χ2v) is 6.71. The van der Waals surface area contributed by atoms with Crippen LogP contribution in [0.5, 0.6) is 5.75 Å². The molecule has 0 saturated carbocycles. The van der Waals surface area contributed by atoms with Crippen LogP contribution < -0.4 is 10.5 Å². The van der Waals surface area contributed by atoms with Crippen LogP contribution in [0.3, 0.4) is 0 Å². The van der Waals surface area contributed by atoms with E-state index in [2.05, 4.69) is 0 Å². The van der Waals surface area contributed by atoms with Crippen LogP contribution in [-0.2, 0) is 10.0 Å². The van der Waals surface area contributed by atoms with E-state index in [1.165, 1.54) is 23.5 Å². The zero-order valence-electron chi connectivity index (χ0n) is 10.6. The van der Waals surface area contributed by atoms with Gasteiger partial charge in [-0.3, -0.25) is 0 Å². The fourth-order valence-electron chi connectivity index (χ4n) is 2.20. The predicted octanol–water partition coefficient (Wildman–Crippen LogP) is 1.13. The Labute approximate surface area is 118 Å². The normalized spacial score (nSPS) is 20.4. The lowest BCUT2D eigenvalue weighted by Crippen LogP contribution is -2.42. The number of benzene rings is 1. The summed E-state index contributed by atoms with van der Waals surface area (Å²) < 4.78 is 31.4. The van der Waals surface area contributed by atoms with Crippen LogP contribution in [0, 0.1) is 0 Å². The number of nitrogens with zero attached hydrogens (tertiary/aromatic N) is 1. The van der Waals surface area contributed by atoms with Gasteiger partial charge in [-0.15, -0.1) is 0 Å². The molecular weight excluding hydrogens is 284 g/mol. The number of rotatable bonds is 4. The Bertz CT molecular complexity index is 569. The number of hydrogen-bond acceptors (Lipinski definition) is 4. The summed E-state index contributed by atoms with van der Waals surface area (Å²) in [4.78, 5) is 0.464. The van der Waals surface area contributed by atoms with E-state index >= 15 is 0 Å². The summed E-state index contributed by atoms with van der Waals surface area (Å²) in [6.45, 7) is 0.455. The van der Waals surface area contributed by atoms with Crippen molar-refractivity contribution in [2.45, 2.75) is 23.8 Å². The first-order valence-corrected chi connectivity index (χ1v) is 7.77. The molecule has 0 amide bonds. The quantitative estimate of drug-likeness (QED) is 0.844. The Balaban J connectivity index is 2.33. The minimum Gasteiger partial charge on any atom is -0.497 e. The molecule has 1 aliphatic rings. The first kappa shape index (κ1) is 14.2. The van der Waals surface area contributed by atoms with Gasteiger partial charge in [-0.05, 0) is 37.1 Å². The lowest BCUT2D eigenvalue weighted by Gasteiger charge is -2.23. The van der Waals surface area contributed by atoms with Gasteiger partial charge in [0.15, 0.2) is 0 Å². The summed E-state index contributed by atoms with van der Waals surface area (Å²) in [7, 11) is -2.01. The molecule has 1 saturated heterocycles. The van der Waals surface area contributed by atoms with E-state index in [-0.39, 0.29) is 15.9 Å². The third-order valence-electron chi connectivity index (χ3n) is 3.20. The molecule has 0 bridgehead atoms. The fourth-order valence-corrected chi connectivity index (χ4v) is 4.18. The molecule has 2 rings (SSSR count). The fraction of sp³-hybridized carbons (Fsp3) is 0.417. The minimum atomic E-state index is -3.55. The van der Waals surface area contributed by atoms with E-state index in [4.69, 9.17) is 22.7 Å². The molecule has 1 fully saturated rings. The molecule has 1 unspecified atom stereocenters. The monoisotopic (exact) mass is 300 g/mol.